The Morgan fingerprint density at radius 1 is 1.07 bits per heavy atom. The van der Waals surface area contributed by atoms with E-state index in [-0.39, 0.29) is 23.6 Å². The zero-order chi connectivity index (χ0) is 20.9. The third kappa shape index (κ3) is 5.44. The van der Waals surface area contributed by atoms with E-state index in [9.17, 15) is 9.18 Å². The third-order valence-corrected chi connectivity index (χ3v) is 4.47. The molecular weight excluding hydrogens is 355 g/mol. The van der Waals surface area contributed by atoms with Crippen LogP contribution in [-0.4, -0.2) is 18.7 Å². The Morgan fingerprint density at radius 3 is 2.32 bits per heavy atom. The average Bonchev–Trinajstić information content (AvgIpc) is 2.66. The lowest BCUT2D eigenvalue weighted by Gasteiger charge is -2.27. The van der Waals surface area contributed by atoms with Gasteiger partial charge in [-0.1, -0.05) is 51.1 Å². The summed E-state index contributed by atoms with van der Waals surface area (Å²) in [6, 6.07) is 13.6. The molecule has 3 rings (SSSR count). The number of carbonyl (C=O) groups excluding carboxylic acids is 1. The van der Waals surface area contributed by atoms with Gasteiger partial charge >= 0.3 is 5.97 Å². The summed E-state index contributed by atoms with van der Waals surface area (Å²) in [5.74, 6) is 0.456. The van der Waals surface area contributed by atoms with Crippen molar-refractivity contribution in [1.29, 1.82) is 0 Å². The molecule has 0 saturated heterocycles. The molecule has 2 aromatic rings. The topological polar surface area (TPSA) is 35.5 Å². The Labute approximate surface area is 167 Å². The van der Waals surface area contributed by atoms with Gasteiger partial charge in [-0.3, -0.25) is 4.39 Å². The van der Waals surface area contributed by atoms with Gasteiger partial charge in [0.05, 0.1) is 12.7 Å². The number of rotatable bonds is 3. The SMILES string of the molecule is CC1(C)C=Cc2cc(C(=O)OCc3ccc(C(C)(C)C)cc3)ccc2O1.CF. The average molecular weight is 384 g/mol. The first-order valence-electron chi connectivity index (χ1n) is 9.31. The lowest BCUT2D eigenvalue weighted by Crippen LogP contribution is -2.27. The number of ether oxygens (including phenoxy) is 2. The molecule has 1 aliphatic heterocycles. The van der Waals surface area contributed by atoms with Crippen LogP contribution in [0.25, 0.3) is 6.08 Å². The fourth-order valence-electron chi connectivity index (χ4n) is 2.84. The molecule has 1 aliphatic rings. The first-order chi connectivity index (χ1) is 13.1. The van der Waals surface area contributed by atoms with Crippen LogP contribution in [0.3, 0.4) is 0 Å². The number of benzene rings is 2. The van der Waals surface area contributed by atoms with Crippen LogP contribution in [0.2, 0.25) is 0 Å². The summed E-state index contributed by atoms with van der Waals surface area (Å²) in [5.41, 5.74) is 3.46. The maximum absolute atomic E-state index is 12.4. The molecule has 4 heteroatoms. The summed E-state index contributed by atoms with van der Waals surface area (Å²) in [6.07, 6.45) is 3.97. The van der Waals surface area contributed by atoms with Gasteiger partial charge < -0.3 is 9.47 Å². The molecule has 0 bridgehead atoms. The summed E-state index contributed by atoms with van der Waals surface area (Å²) in [4.78, 5) is 12.4. The molecule has 0 amide bonds. The summed E-state index contributed by atoms with van der Waals surface area (Å²) < 4.78 is 20.9. The molecule has 0 fully saturated rings. The molecule has 2 aromatic carbocycles. The van der Waals surface area contributed by atoms with Gasteiger partial charge in [0.15, 0.2) is 0 Å². The smallest absolute Gasteiger partial charge is 0.338 e. The van der Waals surface area contributed by atoms with Crippen molar-refractivity contribution in [2.24, 2.45) is 0 Å². The monoisotopic (exact) mass is 384 g/mol. The molecule has 0 unspecified atom stereocenters. The summed E-state index contributed by atoms with van der Waals surface area (Å²) in [5, 5.41) is 0. The lowest BCUT2D eigenvalue weighted by atomic mass is 9.87. The van der Waals surface area contributed by atoms with Crippen LogP contribution in [0.5, 0.6) is 5.75 Å². The minimum absolute atomic E-state index is 0.114. The van der Waals surface area contributed by atoms with Crippen molar-refractivity contribution in [3.8, 4) is 5.75 Å². The van der Waals surface area contributed by atoms with E-state index in [0.717, 1.165) is 16.9 Å². The van der Waals surface area contributed by atoms with Crippen LogP contribution in [0.15, 0.2) is 48.5 Å². The number of hydrogen-bond donors (Lipinski definition) is 0. The first kappa shape index (κ1) is 21.7. The van der Waals surface area contributed by atoms with Crippen LogP contribution in [-0.2, 0) is 16.8 Å². The maximum atomic E-state index is 12.4. The van der Waals surface area contributed by atoms with E-state index < -0.39 is 0 Å². The number of alkyl halides is 1. The summed E-state index contributed by atoms with van der Waals surface area (Å²) in [6.45, 7) is 10.8. The van der Waals surface area contributed by atoms with Gasteiger partial charge in [-0.25, -0.2) is 4.79 Å². The van der Waals surface area contributed by atoms with Crippen LogP contribution < -0.4 is 4.74 Å². The van der Waals surface area contributed by atoms with Crippen molar-refractivity contribution in [3.63, 3.8) is 0 Å². The normalized spacial score (nSPS) is 14.2. The Bertz CT molecular complexity index is 843. The minimum atomic E-state index is -0.328. The van der Waals surface area contributed by atoms with Crippen molar-refractivity contribution in [3.05, 3.63) is 70.8 Å². The first-order valence-corrected chi connectivity index (χ1v) is 9.31. The highest BCUT2D eigenvalue weighted by Crippen LogP contribution is 2.31. The molecule has 3 nitrogen and oxygen atoms in total. The van der Waals surface area contributed by atoms with Crippen LogP contribution >= 0.6 is 0 Å². The molecule has 0 saturated carbocycles. The van der Waals surface area contributed by atoms with Crippen LogP contribution in [0, 0.1) is 0 Å². The van der Waals surface area contributed by atoms with Crippen molar-refractivity contribution in [1.82, 2.24) is 0 Å². The minimum Gasteiger partial charge on any atom is -0.483 e. The number of fused-ring (bicyclic) bond motifs is 1. The van der Waals surface area contributed by atoms with E-state index in [1.807, 2.05) is 50.3 Å². The molecular formula is C24H29FO3. The Hall–Kier alpha value is -2.62. The maximum Gasteiger partial charge on any atom is 0.338 e. The van der Waals surface area contributed by atoms with Gasteiger partial charge in [0.2, 0.25) is 0 Å². The fourth-order valence-corrected chi connectivity index (χ4v) is 2.84. The molecule has 28 heavy (non-hydrogen) atoms. The molecule has 0 spiro atoms. The highest BCUT2D eigenvalue weighted by atomic mass is 19.1. The molecule has 150 valence electrons. The van der Waals surface area contributed by atoms with Gasteiger partial charge in [-0.05, 0) is 54.7 Å². The van der Waals surface area contributed by atoms with Crippen molar-refractivity contribution >= 4 is 12.0 Å². The van der Waals surface area contributed by atoms with Crippen molar-refractivity contribution < 1.29 is 18.7 Å². The Balaban J connectivity index is 0.00000136. The molecule has 0 atom stereocenters. The van der Waals surface area contributed by atoms with Crippen LogP contribution in [0.1, 0.15) is 61.7 Å². The summed E-state index contributed by atoms with van der Waals surface area (Å²) in [7, 11) is 0.500. The van der Waals surface area contributed by atoms with E-state index in [4.69, 9.17) is 9.47 Å². The second-order valence-electron chi connectivity index (χ2n) is 8.31. The van der Waals surface area contributed by atoms with Gasteiger partial charge in [0.25, 0.3) is 0 Å². The Kier molecular flexibility index (Phi) is 6.65. The zero-order valence-corrected chi connectivity index (χ0v) is 17.5. The van der Waals surface area contributed by atoms with E-state index in [2.05, 4.69) is 32.9 Å². The second-order valence-corrected chi connectivity index (χ2v) is 8.31. The number of halogens is 1. The van der Waals surface area contributed by atoms with Crippen molar-refractivity contribution in [2.45, 2.75) is 52.2 Å². The largest absolute Gasteiger partial charge is 0.483 e. The molecule has 0 radical (unpaired) electrons. The van der Waals surface area contributed by atoms with Crippen molar-refractivity contribution in [2.75, 3.05) is 7.18 Å². The van der Waals surface area contributed by atoms with E-state index in [1.54, 1.807) is 6.07 Å². The van der Waals surface area contributed by atoms with Gasteiger partial charge in [-0.15, -0.1) is 0 Å². The predicted molar refractivity (Wildman–Crippen MR) is 111 cm³/mol. The molecule has 0 aromatic heterocycles. The number of hydrogen-bond acceptors (Lipinski definition) is 3. The van der Waals surface area contributed by atoms with Gasteiger partial charge in [0, 0.05) is 5.56 Å². The molecule has 1 heterocycles. The van der Waals surface area contributed by atoms with Gasteiger partial charge in [-0.2, -0.15) is 0 Å². The quantitative estimate of drug-likeness (QED) is 0.599. The second kappa shape index (κ2) is 8.59. The molecule has 0 N–H and O–H groups in total. The van der Waals surface area contributed by atoms with E-state index >= 15 is 0 Å². The standard InChI is InChI=1S/C23H26O3.CH3F/c1-22(2,3)19-9-6-16(7-10-19)15-25-21(24)18-8-11-20-17(14-18)12-13-23(4,5)26-20;1-2/h6-14H,15H2,1-5H3;1H3. The number of esters is 1. The highest BCUT2D eigenvalue weighted by Gasteiger charge is 2.22. The van der Waals surface area contributed by atoms with E-state index in [0.29, 0.717) is 12.7 Å². The number of carbonyl (C=O) groups is 1. The van der Waals surface area contributed by atoms with Crippen LogP contribution in [0.4, 0.5) is 4.39 Å². The fraction of sp³-hybridized carbons (Fsp3) is 0.375. The predicted octanol–water partition coefficient (Wildman–Crippen LogP) is 6.11. The van der Waals surface area contributed by atoms with E-state index in [1.165, 1.54) is 5.56 Å². The lowest BCUT2D eigenvalue weighted by molar-refractivity contribution is 0.0472. The Morgan fingerprint density at radius 2 is 1.71 bits per heavy atom. The highest BCUT2D eigenvalue weighted by molar-refractivity contribution is 5.90. The third-order valence-electron chi connectivity index (χ3n) is 4.47. The molecule has 0 aliphatic carbocycles. The zero-order valence-electron chi connectivity index (χ0n) is 17.5. The summed E-state index contributed by atoms with van der Waals surface area (Å²) >= 11 is 0. The van der Waals surface area contributed by atoms with Gasteiger partial charge in [0.1, 0.15) is 18.0 Å².